The zero-order valence-electron chi connectivity index (χ0n) is 15.5. The summed E-state index contributed by atoms with van der Waals surface area (Å²) >= 11 is 0. The van der Waals surface area contributed by atoms with Crippen LogP contribution < -0.4 is 15.8 Å². The van der Waals surface area contributed by atoms with E-state index in [0.717, 1.165) is 19.3 Å². The summed E-state index contributed by atoms with van der Waals surface area (Å²) in [5.41, 5.74) is 6.07. The van der Waals surface area contributed by atoms with Gasteiger partial charge in [0.2, 0.25) is 10.0 Å². The average molecular weight is 397 g/mol. The summed E-state index contributed by atoms with van der Waals surface area (Å²) < 4.78 is 37.9. The number of rotatable bonds is 6. The second-order valence-corrected chi connectivity index (χ2v) is 8.80. The van der Waals surface area contributed by atoms with E-state index in [4.69, 9.17) is 15.2 Å². The first-order chi connectivity index (χ1) is 13.0. The highest BCUT2D eigenvalue weighted by Crippen LogP contribution is 2.29. The summed E-state index contributed by atoms with van der Waals surface area (Å²) in [6.45, 7) is 1.79. The summed E-state index contributed by atoms with van der Waals surface area (Å²) in [6, 6.07) is 4.53. The number of carbonyl (C=O) groups excluding carboxylic acids is 1. The lowest BCUT2D eigenvalue weighted by Gasteiger charge is -2.27. The third kappa shape index (κ3) is 4.26. The van der Waals surface area contributed by atoms with Crippen LogP contribution in [0.3, 0.4) is 0 Å². The number of morpholine rings is 1. The molecule has 1 aliphatic heterocycles. The fourth-order valence-electron chi connectivity index (χ4n) is 3.71. The van der Waals surface area contributed by atoms with Gasteiger partial charge in [0, 0.05) is 24.7 Å². The van der Waals surface area contributed by atoms with E-state index >= 15 is 0 Å². The Morgan fingerprint density at radius 2 is 2.07 bits per heavy atom. The van der Waals surface area contributed by atoms with E-state index in [9.17, 15) is 13.2 Å². The fourth-order valence-corrected chi connectivity index (χ4v) is 5.30. The van der Waals surface area contributed by atoms with Crippen molar-refractivity contribution in [3.63, 3.8) is 0 Å². The SMILES string of the molecule is COc1ccc(C(=O)NC2CCCC2CN)cc1S(=O)(=O)N1CCOCC1. The molecule has 2 unspecified atom stereocenters. The van der Waals surface area contributed by atoms with Crippen molar-refractivity contribution in [2.24, 2.45) is 11.7 Å². The number of nitrogens with one attached hydrogen (secondary N) is 1. The molecule has 9 heteroatoms. The Balaban J connectivity index is 1.85. The molecular weight excluding hydrogens is 370 g/mol. The minimum Gasteiger partial charge on any atom is -0.495 e. The van der Waals surface area contributed by atoms with Crippen molar-refractivity contribution in [1.82, 2.24) is 9.62 Å². The van der Waals surface area contributed by atoms with E-state index in [1.807, 2.05) is 0 Å². The molecule has 2 atom stereocenters. The Morgan fingerprint density at radius 3 is 2.74 bits per heavy atom. The normalized spacial score (nSPS) is 23.9. The highest BCUT2D eigenvalue weighted by atomic mass is 32.2. The van der Waals surface area contributed by atoms with E-state index in [-0.39, 0.29) is 41.6 Å². The molecule has 2 aliphatic rings. The lowest BCUT2D eigenvalue weighted by Crippen LogP contribution is -2.41. The van der Waals surface area contributed by atoms with Gasteiger partial charge >= 0.3 is 0 Å². The van der Waals surface area contributed by atoms with Gasteiger partial charge in [0.1, 0.15) is 10.6 Å². The lowest BCUT2D eigenvalue weighted by atomic mass is 10.0. The number of methoxy groups -OCH3 is 1. The molecule has 2 fully saturated rings. The Kier molecular flexibility index (Phi) is 6.36. The summed E-state index contributed by atoms with van der Waals surface area (Å²) in [5.74, 6) is 0.198. The molecule has 1 aliphatic carbocycles. The summed E-state index contributed by atoms with van der Waals surface area (Å²) in [5, 5.41) is 3.00. The fraction of sp³-hybridized carbons (Fsp3) is 0.611. The van der Waals surface area contributed by atoms with E-state index in [1.165, 1.54) is 23.5 Å². The molecule has 3 rings (SSSR count). The van der Waals surface area contributed by atoms with Crippen LogP contribution in [0.1, 0.15) is 29.6 Å². The third-order valence-electron chi connectivity index (χ3n) is 5.29. The van der Waals surface area contributed by atoms with Crippen LogP contribution in [0.15, 0.2) is 23.1 Å². The van der Waals surface area contributed by atoms with Gasteiger partial charge in [-0.25, -0.2) is 8.42 Å². The maximum absolute atomic E-state index is 13.0. The largest absolute Gasteiger partial charge is 0.495 e. The smallest absolute Gasteiger partial charge is 0.251 e. The van der Waals surface area contributed by atoms with Crippen LogP contribution in [0.2, 0.25) is 0 Å². The van der Waals surface area contributed by atoms with Crippen LogP contribution in [0, 0.1) is 5.92 Å². The number of carbonyl (C=O) groups is 1. The van der Waals surface area contributed by atoms with Crippen molar-refractivity contribution in [3.8, 4) is 5.75 Å². The topological polar surface area (TPSA) is 111 Å². The molecule has 0 aromatic heterocycles. The first-order valence-electron chi connectivity index (χ1n) is 9.24. The minimum atomic E-state index is -3.78. The summed E-state index contributed by atoms with van der Waals surface area (Å²) in [7, 11) is -2.36. The van der Waals surface area contributed by atoms with Crippen molar-refractivity contribution in [2.45, 2.75) is 30.2 Å². The molecule has 1 saturated heterocycles. The third-order valence-corrected chi connectivity index (χ3v) is 7.21. The molecule has 1 aromatic carbocycles. The van der Waals surface area contributed by atoms with E-state index < -0.39 is 10.0 Å². The van der Waals surface area contributed by atoms with Gasteiger partial charge in [0.05, 0.1) is 20.3 Å². The maximum Gasteiger partial charge on any atom is 0.251 e. The summed E-state index contributed by atoms with van der Waals surface area (Å²) in [6.07, 6.45) is 2.93. The lowest BCUT2D eigenvalue weighted by molar-refractivity contribution is 0.0729. The van der Waals surface area contributed by atoms with E-state index in [2.05, 4.69) is 5.32 Å². The molecule has 0 spiro atoms. The van der Waals surface area contributed by atoms with Crippen molar-refractivity contribution >= 4 is 15.9 Å². The first-order valence-corrected chi connectivity index (χ1v) is 10.7. The van der Waals surface area contributed by atoms with Gasteiger partial charge in [-0.05, 0) is 43.5 Å². The number of amides is 1. The van der Waals surface area contributed by atoms with Gasteiger partial charge in [-0.15, -0.1) is 0 Å². The van der Waals surface area contributed by atoms with Crippen LogP contribution in [0.25, 0.3) is 0 Å². The van der Waals surface area contributed by atoms with Crippen LogP contribution in [-0.2, 0) is 14.8 Å². The predicted octanol–water partition coefficient (Wildman–Crippen LogP) is 0.573. The molecule has 8 nitrogen and oxygen atoms in total. The Morgan fingerprint density at radius 1 is 1.33 bits per heavy atom. The van der Waals surface area contributed by atoms with Gasteiger partial charge in [0.15, 0.2) is 0 Å². The van der Waals surface area contributed by atoms with Crippen LogP contribution in [0.4, 0.5) is 0 Å². The van der Waals surface area contributed by atoms with Gasteiger partial charge < -0.3 is 20.5 Å². The Hall–Kier alpha value is -1.68. The first kappa shape index (κ1) is 20.1. The highest BCUT2D eigenvalue weighted by molar-refractivity contribution is 7.89. The van der Waals surface area contributed by atoms with Crippen LogP contribution >= 0.6 is 0 Å². The van der Waals surface area contributed by atoms with Gasteiger partial charge in [0.25, 0.3) is 5.91 Å². The number of benzene rings is 1. The minimum absolute atomic E-state index is 0.00125. The van der Waals surface area contributed by atoms with Crippen molar-refractivity contribution in [1.29, 1.82) is 0 Å². The number of nitrogens with two attached hydrogens (primary N) is 1. The second kappa shape index (κ2) is 8.55. The quantitative estimate of drug-likeness (QED) is 0.726. The standard InChI is InChI=1S/C18H27N3O5S/c1-25-16-6-5-13(18(22)20-15-4-2-3-14(15)12-19)11-17(16)27(23,24)21-7-9-26-10-8-21/h5-6,11,14-15H,2-4,7-10,12,19H2,1H3,(H,20,22). The van der Waals surface area contributed by atoms with Crippen LogP contribution in [0.5, 0.6) is 5.75 Å². The van der Waals surface area contributed by atoms with E-state index in [0.29, 0.717) is 25.3 Å². The number of hydrogen-bond donors (Lipinski definition) is 2. The van der Waals surface area contributed by atoms with Crippen molar-refractivity contribution in [3.05, 3.63) is 23.8 Å². The molecule has 27 heavy (non-hydrogen) atoms. The molecule has 1 amide bonds. The number of sulfonamides is 1. The van der Waals surface area contributed by atoms with Crippen molar-refractivity contribution < 1.29 is 22.7 Å². The van der Waals surface area contributed by atoms with Gasteiger partial charge in [-0.2, -0.15) is 4.31 Å². The molecule has 1 heterocycles. The second-order valence-electron chi connectivity index (χ2n) is 6.89. The Labute approximate surface area is 160 Å². The van der Waals surface area contributed by atoms with Gasteiger partial charge in [-0.1, -0.05) is 6.42 Å². The zero-order valence-corrected chi connectivity index (χ0v) is 16.3. The predicted molar refractivity (Wildman–Crippen MR) is 100 cm³/mol. The number of ether oxygens (including phenoxy) is 2. The van der Waals surface area contributed by atoms with E-state index in [1.54, 1.807) is 6.07 Å². The molecule has 3 N–H and O–H groups in total. The zero-order chi connectivity index (χ0) is 19.4. The number of hydrogen-bond acceptors (Lipinski definition) is 6. The average Bonchev–Trinajstić information content (AvgIpc) is 3.15. The highest BCUT2D eigenvalue weighted by Gasteiger charge is 2.31. The molecule has 0 bridgehead atoms. The Bertz CT molecular complexity index is 777. The molecular formula is C18H27N3O5S. The van der Waals surface area contributed by atoms with Crippen molar-refractivity contribution in [2.75, 3.05) is 40.0 Å². The maximum atomic E-state index is 13.0. The summed E-state index contributed by atoms with van der Waals surface area (Å²) in [4.78, 5) is 12.7. The van der Waals surface area contributed by atoms with Crippen LogP contribution in [-0.4, -0.2) is 64.6 Å². The molecule has 0 radical (unpaired) electrons. The molecule has 1 aromatic rings. The monoisotopic (exact) mass is 397 g/mol. The van der Waals surface area contributed by atoms with Gasteiger partial charge in [-0.3, -0.25) is 4.79 Å². The molecule has 1 saturated carbocycles. The number of nitrogens with zero attached hydrogens (tertiary/aromatic N) is 1. The molecule has 150 valence electrons.